The molecule has 0 spiro atoms. The van der Waals surface area contributed by atoms with Crippen molar-refractivity contribution in [2.24, 2.45) is 11.5 Å². The number of Topliss-reactive ketones (excluding diaryl/α,β-unsaturated/α-hetero) is 1. The van der Waals surface area contributed by atoms with Crippen molar-refractivity contribution in [1.29, 1.82) is 0 Å². The summed E-state index contributed by atoms with van der Waals surface area (Å²) in [6.45, 7) is 1.76. The third kappa shape index (κ3) is 4.03. The van der Waals surface area contributed by atoms with E-state index in [1.54, 1.807) is 30.3 Å². The third-order valence-corrected chi connectivity index (χ3v) is 3.43. The Hall–Kier alpha value is -1.43. The molecule has 6 heteroatoms. The first kappa shape index (κ1) is 16.6. The van der Waals surface area contributed by atoms with Crippen LogP contribution in [0.2, 0.25) is 0 Å². The second-order valence-electron chi connectivity index (χ2n) is 4.40. The lowest BCUT2D eigenvalue weighted by Gasteiger charge is -2.26. The van der Waals surface area contributed by atoms with Crippen molar-refractivity contribution in [2.45, 2.75) is 30.4 Å². The number of benzene rings is 1. The van der Waals surface area contributed by atoms with E-state index in [9.17, 15) is 9.59 Å². The molecule has 0 aromatic heterocycles. The lowest BCUT2D eigenvalue weighted by Crippen LogP contribution is -2.44. The summed E-state index contributed by atoms with van der Waals surface area (Å²) >= 11 is 6.18. The van der Waals surface area contributed by atoms with Crippen molar-refractivity contribution in [2.75, 3.05) is 6.54 Å². The van der Waals surface area contributed by atoms with Gasteiger partial charge in [0.25, 0.3) is 5.06 Å². The fourth-order valence-electron chi connectivity index (χ4n) is 1.84. The molecule has 0 amide bonds. The topological polar surface area (TPSA) is 95.4 Å². The number of unbranched alkanes of at least 4 members (excludes halogenated alkanes) is 1. The smallest absolute Gasteiger partial charge is 0.419 e. The lowest BCUT2D eigenvalue weighted by atomic mass is 9.96. The van der Waals surface area contributed by atoms with Crippen LogP contribution in [0.15, 0.2) is 30.3 Å². The molecule has 0 fully saturated rings. The van der Waals surface area contributed by atoms with Crippen LogP contribution in [-0.2, 0) is 19.4 Å². The first-order valence-electron chi connectivity index (χ1n) is 6.35. The van der Waals surface area contributed by atoms with Crippen molar-refractivity contribution in [3.8, 4) is 0 Å². The molecule has 0 aliphatic rings. The Morgan fingerprint density at radius 3 is 2.55 bits per heavy atom. The van der Waals surface area contributed by atoms with E-state index in [1.165, 1.54) is 6.47 Å². The van der Waals surface area contributed by atoms with Crippen LogP contribution in [0.25, 0.3) is 0 Å². The summed E-state index contributed by atoms with van der Waals surface area (Å²) in [5.41, 5.74) is 11.6. The Balaban J connectivity index is 2.89. The van der Waals surface area contributed by atoms with Crippen LogP contribution >= 0.6 is 11.6 Å². The molecule has 0 saturated heterocycles. The molecular formula is C14H18ClN2O3. The van der Waals surface area contributed by atoms with Gasteiger partial charge in [-0.1, -0.05) is 48.4 Å². The molecule has 0 aliphatic carbocycles. The molecule has 4 N–H and O–H groups in total. The zero-order chi connectivity index (χ0) is 15.0. The van der Waals surface area contributed by atoms with E-state index >= 15 is 0 Å². The molecule has 0 bridgehead atoms. The maximum atomic E-state index is 12.4. The molecule has 109 valence electrons. The van der Waals surface area contributed by atoms with E-state index < -0.39 is 16.9 Å². The number of hydrogen-bond donors (Lipinski definition) is 2. The van der Waals surface area contributed by atoms with Gasteiger partial charge in [-0.2, -0.15) is 0 Å². The van der Waals surface area contributed by atoms with Crippen molar-refractivity contribution >= 4 is 23.9 Å². The number of carbonyl (C=O) groups excluding carboxylic acids is 2. The molecular weight excluding hydrogens is 280 g/mol. The Morgan fingerprint density at radius 2 is 2.00 bits per heavy atom. The van der Waals surface area contributed by atoms with Gasteiger partial charge in [0, 0.05) is 5.56 Å². The number of carbonyl (C=O) groups is 1. The first-order chi connectivity index (χ1) is 9.56. The van der Waals surface area contributed by atoms with E-state index in [4.69, 9.17) is 27.8 Å². The summed E-state index contributed by atoms with van der Waals surface area (Å²) < 4.78 is 4.71. The molecule has 20 heavy (non-hydrogen) atoms. The molecule has 0 saturated carbocycles. The largest absolute Gasteiger partial charge is 0.423 e. The number of ether oxygens (including phenoxy) is 1. The Bertz CT molecular complexity index is 441. The summed E-state index contributed by atoms with van der Waals surface area (Å²) in [5.74, 6) is -0.564. The zero-order valence-corrected chi connectivity index (χ0v) is 11.8. The molecule has 5 nitrogen and oxygen atoms in total. The normalized spacial score (nSPS) is 15.2. The summed E-state index contributed by atoms with van der Waals surface area (Å²) in [5, 5.41) is -1.93. The average molecular weight is 298 g/mol. The molecule has 1 radical (unpaired) electrons. The zero-order valence-electron chi connectivity index (χ0n) is 11.0. The van der Waals surface area contributed by atoms with Gasteiger partial charge in [-0.05, 0) is 19.4 Å². The van der Waals surface area contributed by atoms with Gasteiger partial charge < -0.3 is 16.2 Å². The number of halogens is 1. The molecule has 2 atom stereocenters. The van der Waals surface area contributed by atoms with Gasteiger partial charge >= 0.3 is 6.47 Å². The van der Waals surface area contributed by atoms with Crippen molar-refractivity contribution in [3.05, 3.63) is 35.9 Å². The van der Waals surface area contributed by atoms with Gasteiger partial charge in [0.1, 0.15) is 0 Å². The van der Waals surface area contributed by atoms with E-state index in [1.807, 2.05) is 0 Å². The summed E-state index contributed by atoms with van der Waals surface area (Å²) in [6.07, 6.45) is 1.90. The first-order valence-corrected chi connectivity index (χ1v) is 6.73. The third-order valence-electron chi connectivity index (χ3n) is 2.95. The minimum absolute atomic E-state index is 0.351. The SMILES string of the molecule is NCCCC[C@H](N)C(=O)C(Cl)(O[C]=O)c1ccccc1. The summed E-state index contributed by atoms with van der Waals surface area (Å²) in [6, 6.07) is 7.50. The predicted molar refractivity (Wildman–Crippen MR) is 76.6 cm³/mol. The van der Waals surface area contributed by atoms with Gasteiger partial charge in [0.15, 0.2) is 0 Å². The summed E-state index contributed by atoms with van der Waals surface area (Å²) in [7, 11) is 0. The number of hydrogen-bond acceptors (Lipinski definition) is 5. The Morgan fingerprint density at radius 1 is 1.35 bits per heavy atom. The monoisotopic (exact) mass is 297 g/mol. The van der Waals surface area contributed by atoms with E-state index in [-0.39, 0.29) is 0 Å². The number of alkyl halides is 1. The van der Waals surface area contributed by atoms with Crippen molar-refractivity contribution in [1.82, 2.24) is 0 Å². The van der Waals surface area contributed by atoms with Gasteiger partial charge in [-0.25, -0.2) is 4.79 Å². The van der Waals surface area contributed by atoms with E-state index in [0.717, 1.165) is 6.42 Å². The van der Waals surface area contributed by atoms with Gasteiger partial charge in [0.2, 0.25) is 5.78 Å². The van der Waals surface area contributed by atoms with Crippen LogP contribution in [0.4, 0.5) is 0 Å². The fraction of sp³-hybridized carbons (Fsp3) is 0.429. The number of nitrogens with two attached hydrogens (primary N) is 2. The highest BCUT2D eigenvalue weighted by molar-refractivity contribution is 6.35. The molecule has 0 heterocycles. The number of ketones is 1. The van der Waals surface area contributed by atoms with Crippen LogP contribution in [0.1, 0.15) is 24.8 Å². The van der Waals surface area contributed by atoms with E-state index in [2.05, 4.69) is 0 Å². The predicted octanol–water partition coefficient (Wildman–Crippen LogP) is 1.19. The molecule has 1 aromatic rings. The second-order valence-corrected chi connectivity index (χ2v) is 4.93. The standard InChI is InChI=1S/C14H18ClN2O3/c15-14(20-10-18,11-6-2-1-3-7-11)13(19)12(17)8-4-5-9-16/h1-3,6-7,12H,4-5,8-9,16-17H2/t12-,14?/m0/s1. The average Bonchev–Trinajstić information content (AvgIpc) is 2.47. The maximum absolute atomic E-state index is 12.4. The highest BCUT2D eigenvalue weighted by atomic mass is 35.5. The lowest BCUT2D eigenvalue weighted by molar-refractivity contribution is -0.131. The molecule has 1 unspecified atom stereocenters. The molecule has 1 rings (SSSR count). The van der Waals surface area contributed by atoms with Crippen LogP contribution in [0, 0.1) is 0 Å². The van der Waals surface area contributed by atoms with Crippen LogP contribution in [0.3, 0.4) is 0 Å². The van der Waals surface area contributed by atoms with E-state index in [0.29, 0.717) is 24.9 Å². The van der Waals surface area contributed by atoms with Crippen LogP contribution in [0.5, 0.6) is 0 Å². The number of rotatable bonds is 9. The fourth-order valence-corrected chi connectivity index (χ4v) is 2.14. The van der Waals surface area contributed by atoms with Gasteiger partial charge in [-0.3, -0.25) is 4.79 Å². The minimum Gasteiger partial charge on any atom is -0.423 e. The summed E-state index contributed by atoms with van der Waals surface area (Å²) in [4.78, 5) is 22.9. The second kappa shape index (κ2) is 7.99. The Labute approximate surface area is 123 Å². The maximum Gasteiger partial charge on any atom is 0.419 e. The minimum atomic E-state index is -1.93. The van der Waals surface area contributed by atoms with Gasteiger partial charge in [0.05, 0.1) is 6.04 Å². The quantitative estimate of drug-likeness (QED) is 0.527. The van der Waals surface area contributed by atoms with Gasteiger partial charge in [-0.15, -0.1) is 0 Å². The highest BCUT2D eigenvalue weighted by Crippen LogP contribution is 2.32. The van der Waals surface area contributed by atoms with Crippen molar-refractivity contribution < 1.29 is 14.3 Å². The van der Waals surface area contributed by atoms with Crippen LogP contribution in [-0.4, -0.2) is 24.8 Å². The highest BCUT2D eigenvalue weighted by Gasteiger charge is 2.43. The molecule has 1 aromatic carbocycles. The van der Waals surface area contributed by atoms with Crippen LogP contribution < -0.4 is 11.5 Å². The molecule has 0 aliphatic heterocycles. The Kier molecular flexibility index (Phi) is 6.64. The van der Waals surface area contributed by atoms with Crippen molar-refractivity contribution in [3.63, 3.8) is 0 Å².